The van der Waals surface area contributed by atoms with Crippen LogP contribution in [-0.4, -0.2) is 44.4 Å². The lowest BCUT2D eigenvalue weighted by atomic mass is 10.0. The van der Waals surface area contributed by atoms with E-state index in [0.717, 1.165) is 35.6 Å². The molecule has 1 aliphatic heterocycles. The van der Waals surface area contributed by atoms with E-state index in [4.69, 9.17) is 9.72 Å². The van der Waals surface area contributed by atoms with Crippen molar-refractivity contribution < 1.29 is 4.74 Å². The van der Waals surface area contributed by atoms with Gasteiger partial charge in [-0.2, -0.15) is 5.10 Å². The summed E-state index contributed by atoms with van der Waals surface area (Å²) in [5.41, 5.74) is 4.22. The van der Waals surface area contributed by atoms with E-state index in [-0.39, 0.29) is 0 Å². The monoisotopic (exact) mass is 338 g/mol. The van der Waals surface area contributed by atoms with Crippen molar-refractivity contribution in [2.45, 2.75) is 19.8 Å². The molecule has 0 saturated carbocycles. The van der Waals surface area contributed by atoms with Crippen LogP contribution in [0.5, 0.6) is 5.88 Å². The van der Waals surface area contributed by atoms with E-state index < -0.39 is 0 Å². The minimum atomic E-state index is 0.506. The van der Waals surface area contributed by atoms with Crippen molar-refractivity contribution in [3.8, 4) is 17.1 Å². The van der Waals surface area contributed by atoms with Crippen LogP contribution in [-0.2, 0) is 7.05 Å². The molecule has 0 spiro atoms. The topological polar surface area (TPSA) is 77.8 Å². The van der Waals surface area contributed by atoms with Crippen LogP contribution < -0.4 is 10.1 Å². The molecule has 4 rings (SSSR count). The Bertz CT molecular complexity index is 884. The molecule has 1 fully saturated rings. The van der Waals surface area contributed by atoms with Gasteiger partial charge in [0.25, 0.3) is 0 Å². The second-order valence-corrected chi connectivity index (χ2v) is 6.56. The molecule has 3 aromatic heterocycles. The van der Waals surface area contributed by atoms with Crippen molar-refractivity contribution in [1.82, 2.24) is 30.0 Å². The summed E-state index contributed by atoms with van der Waals surface area (Å²) >= 11 is 0. The fourth-order valence-electron chi connectivity index (χ4n) is 3.30. The van der Waals surface area contributed by atoms with Gasteiger partial charge in [0.1, 0.15) is 0 Å². The summed E-state index contributed by atoms with van der Waals surface area (Å²) in [7, 11) is 1.91. The lowest BCUT2D eigenvalue weighted by molar-refractivity contribution is 0.214. The normalized spacial score (nSPS) is 17.8. The van der Waals surface area contributed by atoms with Crippen LogP contribution in [0.2, 0.25) is 0 Å². The highest BCUT2D eigenvalue weighted by molar-refractivity contribution is 5.83. The molecule has 4 heterocycles. The summed E-state index contributed by atoms with van der Waals surface area (Å²) in [6, 6.07) is 1.95. The number of hydrogen-bond donors (Lipinski definition) is 1. The smallest absolute Gasteiger partial charge is 0.242 e. The van der Waals surface area contributed by atoms with Crippen molar-refractivity contribution in [2.75, 3.05) is 19.7 Å². The second-order valence-electron chi connectivity index (χ2n) is 6.56. The lowest BCUT2D eigenvalue weighted by Crippen LogP contribution is -2.33. The zero-order chi connectivity index (χ0) is 17.2. The Kier molecular flexibility index (Phi) is 4.31. The second kappa shape index (κ2) is 6.76. The fourth-order valence-corrected chi connectivity index (χ4v) is 3.30. The van der Waals surface area contributed by atoms with Gasteiger partial charge < -0.3 is 10.1 Å². The number of fused-ring (bicyclic) bond motifs is 1. The molecule has 1 saturated heterocycles. The van der Waals surface area contributed by atoms with Gasteiger partial charge in [0.2, 0.25) is 5.88 Å². The van der Waals surface area contributed by atoms with Crippen LogP contribution in [0.1, 0.15) is 18.5 Å². The number of nitrogens with one attached hydrogen (secondary N) is 1. The number of pyridine rings is 1. The highest BCUT2D eigenvalue weighted by atomic mass is 16.5. The molecule has 0 bridgehead atoms. The van der Waals surface area contributed by atoms with Gasteiger partial charge in [-0.25, -0.2) is 9.97 Å². The van der Waals surface area contributed by atoms with Crippen LogP contribution in [0.15, 0.2) is 24.7 Å². The fraction of sp³-hybridized carbons (Fsp3) is 0.444. The summed E-state index contributed by atoms with van der Waals surface area (Å²) in [6.45, 7) is 4.71. The Morgan fingerprint density at radius 3 is 2.96 bits per heavy atom. The average molecular weight is 338 g/mol. The molecule has 130 valence electrons. The van der Waals surface area contributed by atoms with Crippen molar-refractivity contribution in [1.29, 1.82) is 0 Å². The molecule has 0 aliphatic carbocycles. The lowest BCUT2D eigenvalue weighted by Gasteiger charge is -2.22. The first kappa shape index (κ1) is 16.0. The van der Waals surface area contributed by atoms with Crippen LogP contribution in [0.25, 0.3) is 22.3 Å². The molecule has 7 nitrogen and oxygen atoms in total. The third kappa shape index (κ3) is 3.32. The molecule has 0 aromatic carbocycles. The minimum Gasteiger partial charge on any atom is -0.476 e. The van der Waals surface area contributed by atoms with Crippen LogP contribution in [0, 0.1) is 12.8 Å². The Balaban J connectivity index is 1.69. The number of hydrogen-bond acceptors (Lipinski definition) is 6. The summed E-state index contributed by atoms with van der Waals surface area (Å²) in [5.74, 6) is 1.06. The molecule has 1 aliphatic rings. The van der Waals surface area contributed by atoms with E-state index in [1.54, 1.807) is 17.1 Å². The zero-order valence-corrected chi connectivity index (χ0v) is 14.6. The first-order valence-corrected chi connectivity index (χ1v) is 8.66. The molecule has 0 radical (unpaired) electrons. The summed E-state index contributed by atoms with van der Waals surface area (Å²) < 4.78 is 7.88. The number of aromatic nitrogens is 5. The molecule has 7 heteroatoms. The van der Waals surface area contributed by atoms with Gasteiger partial charge in [-0.3, -0.25) is 9.67 Å². The van der Waals surface area contributed by atoms with Gasteiger partial charge in [0, 0.05) is 43.7 Å². The van der Waals surface area contributed by atoms with Gasteiger partial charge in [-0.1, -0.05) is 0 Å². The molecule has 25 heavy (non-hydrogen) atoms. The first-order valence-electron chi connectivity index (χ1n) is 8.66. The quantitative estimate of drug-likeness (QED) is 0.785. The standard InChI is InChI=1S/C18H22N6O/c1-12-14(10-24(2)23-12)15-8-16-17(21-7-6-20-16)18(22-15)25-11-13-4-3-5-19-9-13/h6-8,10,13,19H,3-5,9,11H2,1-2H3. The summed E-state index contributed by atoms with van der Waals surface area (Å²) in [5, 5.41) is 7.82. The van der Waals surface area contributed by atoms with E-state index in [2.05, 4.69) is 20.4 Å². The van der Waals surface area contributed by atoms with Gasteiger partial charge >= 0.3 is 0 Å². The third-order valence-corrected chi connectivity index (χ3v) is 4.57. The SMILES string of the molecule is Cc1nn(C)cc1-c1cc2nccnc2c(OCC2CCCNC2)n1. The molecular formula is C18H22N6O. The van der Waals surface area contributed by atoms with Gasteiger partial charge in [-0.15, -0.1) is 0 Å². The average Bonchev–Trinajstić information content (AvgIpc) is 2.98. The highest BCUT2D eigenvalue weighted by Gasteiger charge is 2.17. The first-order chi connectivity index (χ1) is 12.2. The van der Waals surface area contributed by atoms with Crippen LogP contribution >= 0.6 is 0 Å². The molecule has 1 N–H and O–H groups in total. The van der Waals surface area contributed by atoms with Crippen molar-refractivity contribution in [3.63, 3.8) is 0 Å². The molecule has 0 amide bonds. The van der Waals surface area contributed by atoms with E-state index >= 15 is 0 Å². The third-order valence-electron chi connectivity index (χ3n) is 4.57. The summed E-state index contributed by atoms with van der Waals surface area (Å²) in [4.78, 5) is 13.6. The number of rotatable bonds is 4. The predicted molar refractivity (Wildman–Crippen MR) is 95.4 cm³/mol. The largest absolute Gasteiger partial charge is 0.476 e. The Morgan fingerprint density at radius 2 is 2.20 bits per heavy atom. The Morgan fingerprint density at radius 1 is 1.32 bits per heavy atom. The van der Waals surface area contributed by atoms with Crippen molar-refractivity contribution >= 4 is 11.0 Å². The molecule has 3 aromatic rings. The number of piperidine rings is 1. The maximum Gasteiger partial charge on any atom is 0.242 e. The zero-order valence-electron chi connectivity index (χ0n) is 14.6. The maximum atomic E-state index is 6.09. The van der Waals surface area contributed by atoms with Crippen LogP contribution in [0.4, 0.5) is 0 Å². The number of aryl methyl sites for hydroxylation is 2. The Labute approximate surface area is 146 Å². The van der Waals surface area contributed by atoms with Gasteiger partial charge in [0.05, 0.1) is 23.5 Å². The Hall–Kier alpha value is -2.54. The van der Waals surface area contributed by atoms with Crippen LogP contribution in [0.3, 0.4) is 0 Å². The van der Waals surface area contributed by atoms with Crippen molar-refractivity contribution in [3.05, 3.63) is 30.4 Å². The number of ether oxygens (including phenoxy) is 1. The van der Waals surface area contributed by atoms with E-state index in [9.17, 15) is 0 Å². The summed E-state index contributed by atoms with van der Waals surface area (Å²) in [6.07, 6.45) is 7.70. The van der Waals surface area contributed by atoms with E-state index in [1.165, 1.54) is 12.8 Å². The van der Waals surface area contributed by atoms with Crippen molar-refractivity contribution in [2.24, 2.45) is 13.0 Å². The van der Waals surface area contributed by atoms with E-state index in [0.29, 0.717) is 23.9 Å². The predicted octanol–water partition coefficient (Wildman–Crippen LogP) is 2.11. The molecule has 1 unspecified atom stereocenters. The highest BCUT2D eigenvalue weighted by Crippen LogP contribution is 2.28. The number of nitrogens with zero attached hydrogens (tertiary/aromatic N) is 5. The minimum absolute atomic E-state index is 0.506. The maximum absolute atomic E-state index is 6.09. The molecule has 1 atom stereocenters. The van der Waals surface area contributed by atoms with Gasteiger partial charge in [-0.05, 0) is 32.4 Å². The molecular weight excluding hydrogens is 316 g/mol. The van der Waals surface area contributed by atoms with Gasteiger partial charge in [0.15, 0.2) is 5.52 Å². The van der Waals surface area contributed by atoms with E-state index in [1.807, 2.05) is 26.2 Å².